The average molecular weight is 388 g/mol. The molecule has 8 heteroatoms. The molecule has 0 aliphatic carbocycles. The lowest BCUT2D eigenvalue weighted by Crippen LogP contribution is -2.36. The lowest BCUT2D eigenvalue weighted by molar-refractivity contribution is -0.152. The van der Waals surface area contributed by atoms with Crippen molar-refractivity contribution in [3.63, 3.8) is 0 Å². The summed E-state index contributed by atoms with van der Waals surface area (Å²) in [6.07, 6.45) is -1.17. The minimum Gasteiger partial charge on any atom is -0.493 e. The minimum atomic E-state index is -1.17. The topological polar surface area (TPSA) is 93.7 Å². The van der Waals surface area contributed by atoms with Gasteiger partial charge in [0.25, 0.3) is 11.8 Å². The number of nitrogens with one attached hydrogen (secondary N) is 2. The van der Waals surface area contributed by atoms with Crippen molar-refractivity contribution in [1.82, 2.24) is 5.32 Å². The zero-order chi connectivity index (χ0) is 20.5. The van der Waals surface area contributed by atoms with E-state index in [0.717, 1.165) is 0 Å². The second-order valence-corrected chi connectivity index (χ2v) is 5.71. The largest absolute Gasteiger partial charge is 0.493 e. The van der Waals surface area contributed by atoms with Crippen LogP contribution in [0, 0.1) is 5.82 Å². The van der Waals surface area contributed by atoms with Crippen molar-refractivity contribution in [3.05, 3.63) is 59.9 Å². The molecule has 0 spiro atoms. The third-order valence-electron chi connectivity index (χ3n) is 3.63. The fourth-order valence-electron chi connectivity index (χ4n) is 2.27. The fraction of sp³-hybridized carbons (Fsp3) is 0.250. The van der Waals surface area contributed by atoms with Gasteiger partial charge in [-0.25, -0.2) is 4.39 Å². The van der Waals surface area contributed by atoms with Crippen molar-refractivity contribution in [2.75, 3.05) is 18.5 Å². The maximum atomic E-state index is 13.6. The number of rotatable bonds is 8. The van der Waals surface area contributed by atoms with Gasteiger partial charge in [-0.15, -0.1) is 0 Å². The monoisotopic (exact) mass is 388 g/mol. The summed E-state index contributed by atoms with van der Waals surface area (Å²) in [6, 6.07) is 12.2. The molecule has 2 N–H and O–H groups in total. The summed E-state index contributed by atoms with van der Waals surface area (Å²) in [7, 11) is 0. The van der Waals surface area contributed by atoms with E-state index in [-0.39, 0.29) is 11.3 Å². The predicted molar refractivity (Wildman–Crippen MR) is 101 cm³/mol. The van der Waals surface area contributed by atoms with Gasteiger partial charge in [-0.2, -0.15) is 0 Å². The zero-order valence-electron chi connectivity index (χ0n) is 15.5. The van der Waals surface area contributed by atoms with E-state index in [9.17, 15) is 18.8 Å². The van der Waals surface area contributed by atoms with Gasteiger partial charge in [-0.3, -0.25) is 14.4 Å². The molecule has 0 fully saturated rings. The normalized spacial score (nSPS) is 11.2. The van der Waals surface area contributed by atoms with E-state index >= 15 is 0 Å². The molecule has 2 aromatic rings. The van der Waals surface area contributed by atoms with E-state index in [1.807, 2.05) is 0 Å². The van der Waals surface area contributed by atoms with Crippen LogP contribution in [0.2, 0.25) is 0 Å². The van der Waals surface area contributed by atoms with Gasteiger partial charge < -0.3 is 20.1 Å². The highest BCUT2D eigenvalue weighted by atomic mass is 19.1. The Morgan fingerprint density at radius 1 is 1.07 bits per heavy atom. The highest BCUT2D eigenvalue weighted by molar-refractivity contribution is 5.99. The molecule has 0 aliphatic heterocycles. The molecule has 2 rings (SSSR count). The average Bonchev–Trinajstić information content (AvgIpc) is 2.68. The molecule has 28 heavy (non-hydrogen) atoms. The first-order valence-corrected chi connectivity index (χ1v) is 8.67. The van der Waals surface area contributed by atoms with Crippen LogP contribution < -0.4 is 15.4 Å². The van der Waals surface area contributed by atoms with Crippen LogP contribution in [-0.4, -0.2) is 37.0 Å². The molecule has 0 heterocycles. The van der Waals surface area contributed by atoms with E-state index in [2.05, 4.69) is 10.6 Å². The number of hydrogen-bond donors (Lipinski definition) is 2. The standard InChI is InChI=1S/C20H21FN2O5/c1-3-27-17-11-7-4-8-14(17)20(26)22-12-18(24)28-13(2)19(25)23-16-10-6-5-9-15(16)21/h4-11,13H,3,12H2,1-2H3,(H,22,26)(H,23,25)/t13-/m0/s1. The van der Waals surface area contributed by atoms with Gasteiger partial charge in [0, 0.05) is 0 Å². The molecular formula is C20H21FN2O5. The molecule has 148 valence electrons. The van der Waals surface area contributed by atoms with E-state index in [1.165, 1.54) is 25.1 Å². The first-order chi connectivity index (χ1) is 13.4. The van der Waals surface area contributed by atoms with Gasteiger partial charge in [0.2, 0.25) is 0 Å². The lowest BCUT2D eigenvalue weighted by atomic mass is 10.2. The summed E-state index contributed by atoms with van der Waals surface area (Å²) in [5.74, 6) is -2.21. The smallest absolute Gasteiger partial charge is 0.326 e. The van der Waals surface area contributed by atoms with Crippen molar-refractivity contribution in [2.45, 2.75) is 20.0 Å². The molecule has 0 saturated carbocycles. The van der Waals surface area contributed by atoms with Crippen LogP contribution in [0.4, 0.5) is 10.1 Å². The maximum Gasteiger partial charge on any atom is 0.326 e. The number of esters is 1. The number of hydrogen-bond acceptors (Lipinski definition) is 5. The van der Waals surface area contributed by atoms with Crippen LogP contribution in [0.3, 0.4) is 0 Å². The molecule has 7 nitrogen and oxygen atoms in total. The Hall–Kier alpha value is -3.42. The molecule has 2 amide bonds. The van der Waals surface area contributed by atoms with Crippen molar-refractivity contribution in [1.29, 1.82) is 0 Å². The second kappa shape index (κ2) is 10.1. The predicted octanol–water partition coefficient (Wildman–Crippen LogP) is 2.52. The number of benzene rings is 2. The van der Waals surface area contributed by atoms with Crippen molar-refractivity contribution in [3.8, 4) is 5.75 Å². The Morgan fingerprint density at radius 2 is 1.75 bits per heavy atom. The van der Waals surface area contributed by atoms with Crippen LogP contribution in [0.1, 0.15) is 24.2 Å². The molecule has 0 saturated heterocycles. The number of anilines is 1. The number of carbonyl (C=O) groups is 3. The Bertz CT molecular complexity index is 856. The number of halogens is 1. The first-order valence-electron chi connectivity index (χ1n) is 8.67. The zero-order valence-corrected chi connectivity index (χ0v) is 15.5. The van der Waals surface area contributed by atoms with Gasteiger partial charge >= 0.3 is 5.97 Å². The molecule has 0 bridgehead atoms. The molecule has 2 aromatic carbocycles. The Labute approximate surface area is 161 Å². The van der Waals surface area contributed by atoms with E-state index in [1.54, 1.807) is 37.3 Å². The molecular weight excluding hydrogens is 367 g/mol. The van der Waals surface area contributed by atoms with Crippen LogP contribution in [0.5, 0.6) is 5.75 Å². The van der Waals surface area contributed by atoms with Crippen molar-refractivity contribution >= 4 is 23.5 Å². The van der Waals surface area contributed by atoms with Crippen LogP contribution in [-0.2, 0) is 14.3 Å². The molecule has 0 aliphatic rings. The van der Waals surface area contributed by atoms with Gasteiger partial charge in [0.1, 0.15) is 18.1 Å². The van der Waals surface area contributed by atoms with E-state index in [4.69, 9.17) is 9.47 Å². The molecule has 0 radical (unpaired) electrons. The Balaban J connectivity index is 1.85. The third-order valence-corrected chi connectivity index (χ3v) is 3.63. The molecule has 0 unspecified atom stereocenters. The SMILES string of the molecule is CCOc1ccccc1C(=O)NCC(=O)O[C@@H](C)C(=O)Nc1ccccc1F. The molecule has 1 atom stereocenters. The fourth-order valence-corrected chi connectivity index (χ4v) is 2.27. The van der Waals surface area contributed by atoms with Gasteiger partial charge in [0.15, 0.2) is 6.10 Å². The van der Waals surface area contributed by atoms with Crippen molar-refractivity contribution in [2.24, 2.45) is 0 Å². The quantitative estimate of drug-likeness (QED) is 0.678. The minimum absolute atomic E-state index is 0.0174. The summed E-state index contributed by atoms with van der Waals surface area (Å²) in [4.78, 5) is 36.1. The van der Waals surface area contributed by atoms with Gasteiger partial charge in [-0.1, -0.05) is 24.3 Å². The summed E-state index contributed by atoms with van der Waals surface area (Å²) < 4.78 is 23.9. The van der Waals surface area contributed by atoms with Crippen LogP contribution in [0.15, 0.2) is 48.5 Å². The Kier molecular flexibility index (Phi) is 7.50. The third kappa shape index (κ3) is 5.80. The van der Waals surface area contributed by atoms with Crippen molar-refractivity contribution < 1.29 is 28.2 Å². The van der Waals surface area contributed by atoms with Crippen LogP contribution >= 0.6 is 0 Å². The summed E-state index contributed by atoms with van der Waals surface area (Å²) >= 11 is 0. The number of amides is 2. The summed E-state index contributed by atoms with van der Waals surface area (Å²) in [5.41, 5.74) is 0.263. The first kappa shape index (κ1) is 20.9. The number of para-hydroxylation sites is 2. The maximum absolute atomic E-state index is 13.6. The van der Waals surface area contributed by atoms with E-state index < -0.39 is 36.2 Å². The highest BCUT2D eigenvalue weighted by Gasteiger charge is 2.20. The number of carbonyl (C=O) groups excluding carboxylic acids is 3. The summed E-state index contributed by atoms with van der Waals surface area (Å²) in [6.45, 7) is 3.09. The summed E-state index contributed by atoms with van der Waals surface area (Å²) in [5, 5.41) is 4.75. The van der Waals surface area contributed by atoms with Gasteiger partial charge in [0.05, 0.1) is 17.9 Å². The van der Waals surface area contributed by atoms with Gasteiger partial charge in [-0.05, 0) is 38.1 Å². The van der Waals surface area contributed by atoms with Crippen LogP contribution in [0.25, 0.3) is 0 Å². The molecule has 0 aromatic heterocycles. The lowest BCUT2D eigenvalue weighted by Gasteiger charge is -2.14. The van der Waals surface area contributed by atoms with E-state index in [0.29, 0.717) is 12.4 Å². The Morgan fingerprint density at radius 3 is 2.46 bits per heavy atom. The highest BCUT2D eigenvalue weighted by Crippen LogP contribution is 2.17. The number of ether oxygens (including phenoxy) is 2. The second-order valence-electron chi connectivity index (χ2n) is 5.71.